The molecule has 4 nitrogen and oxygen atoms in total. The first-order valence-corrected chi connectivity index (χ1v) is 7.31. The van der Waals surface area contributed by atoms with Gasteiger partial charge >= 0.3 is 5.69 Å². The van der Waals surface area contributed by atoms with Crippen molar-refractivity contribution in [3.8, 4) is 0 Å². The van der Waals surface area contributed by atoms with Crippen molar-refractivity contribution < 1.29 is 0 Å². The molecule has 0 aromatic carbocycles. The normalized spacial score (nSPS) is 14.6. The van der Waals surface area contributed by atoms with Gasteiger partial charge in [-0.1, -0.05) is 6.08 Å². The van der Waals surface area contributed by atoms with Crippen LogP contribution in [0.4, 0.5) is 0 Å². The van der Waals surface area contributed by atoms with Gasteiger partial charge in [0.2, 0.25) is 0 Å². The highest BCUT2D eigenvalue weighted by molar-refractivity contribution is 7.18. The van der Waals surface area contributed by atoms with Crippen LogP contribution in [0.2, 0.25) is 0 Å². The maximum atomic E-state index is 12.4. The third kappa shape index (κ3) is 1.72. The summed E-state index contributed by atoms with van der Waals surface area (Å²) in [5.74, 6) is 0. The number of hydrogen-bond acceptors (Lipinski definition) is 3. The van der Waals surface area contributed by atoms with Gasteiger partial charge in [-0.15, -0.1) is 17.9 Å². The highest BCUT2D eigenvalue weighted by Crippen LogP contribution is 2.33. The minimum absolute atomic E-state index is 0.153. The van der Waals surface area contributed by atoms with Crippen LogP contribution >= 0.6 is 11.3 Å². The lowest BCUT2D eigenvalue weighted by Crippen LogP contribution is -2.37. The standard InChI is InChI=1S/C14H16N2O2S/c1-3-8-16-13-11(12(17)15(2)14(16)18)9-6-4-5-7-10(9)19-13/h3H,1,4-8H2,2H3. The zero-order valence-corrected chi connectivity index (χ0v) is 11.8. The van der Waals surface area contributed by atoms with E-state index in [2.05, 4.69) is 6.58 Å². The zero-order chi connectivity index (χ0) is 13.6. The second kappa shape index (κ2) is 4.49. The largest absolute Gasteiger partial charge is 0.332 e. The summed E-state index contributed by atoms with van der Waals surface area (Å²) in [7, 11) is 1.55. The second-order valence-electron chi connectivity index (χ2n) is 4.94. The third-order valence-electron chi connectivity index (χ3n) is 3.75. The summed E-state index contributed by atoms with van der Waals surface area (Å²) >= 11 is 1.61. The van der Waals surface area contributed by atoms with E-state index in [0.29, 0.717) is 6.54 Å². The van der Waals surface area contributed by atoms with Crippen molar-refractivity contribution in [2.24, 2.45) is 7.05 Å². The van der Waals surface area contributed by atoms with E-state index in [0.717, 1.165) is 29.5 Å². The Kier molecular flexibility index (Phi) is 2.93. The Morgan fingerprint density at radius 1 is 1.32 bits per heavy atom. The molecule has 0 fully saturated rings. The molecular weight excluding hydrogens is 260 g/mol. The van der Waals surface area contributed by atoms with Crippen molar-refractivity contribution in [1.82, 2.24) is 9.13 Å². The van der Waals surface area contributed by atoms with Crippen LogP contribution in [-0.2, 0) is 26.4 Å². The minimum Gasteiger partial charge on any atom is -0.280 e. The fraction of sp³-hybridized carbons (Fsp3) is 0.429. The number of hydrogen-bond donors (Lipinski definition) is 0. The average molecular weight is 276 g/mol. The van der Waals surface area contributed by atoms with Crippen LogP contribution in [0.1, 0.15) is 23.3 Å². The number of nitrogens with zero attached hydrogens (tertiary/aromatic N) is 2. The minimum atomic E-state index is -0.254. The summed E-state index contributed by atoms with van der Waals surface area (Å²) in [5, 5.41) is 0.753. The Morgan fingerprint density at radius 3 is 2.79 bits per heavy atom. The molecule has 0 saturated heterocycles. The van der Waals surface area contributed by atoms with E-state index in [4.69, 9.17) is 0 Å². The van der Waals surface area contributed by atoms with Gasteiger partial charge in [0, 0.05) is 18.5 Å². The van der Waals surface area contributed by atoms with Gasteiger partial charge in [-0.3, -0.25) is 13.9 Å². The first-order valence-electron chi connectivity index (χ1n) is 6.50. The lowest BCUT2D eigenvalue weighted by molar-refractivity contribution is 0.680. The maximum absolute atomic E-state index is 12.4. The highest BCUT2D eigenvalue weighted by atomic mass is 32.1. The number of aromatic nitrogens is 2. The van der Waals surface area contributed by atoms with Gasteiger partial charge in [0.1, 0.15) is 4.83 Å². The van der Waals surface area contributed by atoms with E-state index in [1.807, 2.05) is 0 Å². The summed E-state index contributed by atoms with van der Waals surface area (Å²) in [4.78, 5) is 26.7. The lowest BCUT2D eigenvalue weighted by Gasteiger charge is -2.10. The monoisotopic (exact) mass is 276 g/mol. The molecule has 3 rings (SSSR count). The third-order valence-corrected chi connectivity index (χ3v) is 5.06. The molecule has 0 unspecified atom stereocenters. The molecule has 0 atom stereocenters. The van der Waals surface area contributed by atoms with Gasteiger partial charge in [-0.2, -0.15) is 0 Å². The molecular formula is C14H16N2O2S. The molecule has 1 aliphatic rings. The van der Waals surface area contributed by atoms with Crippen LogP contribution < -0.4 is 11.2 Å². The molecule has 100 valence electrons. The number of fused-ring (bicyclic) bond motifs is 3. The van der Waals surface area contributed by atoms with Crippen molar-refractivity contribution in [3.05, 3.63) is 43.9 Å². The number of rotatable bonds is 2. The van der Waals surface area contributed by atoms with Gasteiger partial charge in [-0.25, -0.2) is 4.79 Å². The van der Waals surface area contributed by atoms with Crippen LogP contribution in [0.3, 0.4) is 0 Å². The number of aryl methyl sites for hydroxylation is 2. The van der Waals surface area contributed by atoms with E-state index >= 15 is 0 Å². The molecule has 2 aromatic heterocycles. The van der Waals surface area contributed by atoms with Gasteiger partial charge in [-0.05, 0) is 31.2 Å². The van der Waals surface area contributed by atoms with Crippen LogP contribution in [0.5, 0.6) is 0 Å². The lowest BCUT2D eigenvalue weighted by atomic mass is 9.97. The van der Waals surface area contributed by atoms with Crippen LogP contribution in [-0.4, -0.2) is 9.13 Å². The smallest absolute Gasteiger partial charge is 0.280 e. The summed E-state index contributed by atoms with van der Waals surface area (Å²) in [5.41, 5.74) is 0.764. The molecule has 0 amide bonds. The molecule has 5 heteroatoms. The molecule has 1 aliphatic carbocycles. The van der Waals surface area contributed by atoms with E-state index in [-0.39, 0.29) is 11.2 Å². The number of thiophene rings is 1. The number of allylic oxidation sites excluding steroid dienone is 1. The Balaban J connectivity index is 2.49. The summed E-state index contributed by atoms with van der Waals surface area (Å²) in [6.45, 7) is 4.14. The van der Waals surface area contributed by atoms with Gasteiger partial charge < -0.3 is 0 Å². The molecule has 0 bridgehead atoms. The Labute approximate surface area is 114 Å². The molecule has 0 radical (unpaired) electrons. The quantitative estimate of drug-likeness (QED) is 0.785. The van der Waals surface area contributed by atoms with Crippen molar-refractivity contribution in [2.45, 2.75) is 32.2 Å². The van der Waals surface area contributed by atoms with E-state index in [1.54, 1.807) is 29.0 Å². The molecule has 0 spiro atoms. The molecule has 0 N–H and O–H groups in total. The van der Waals surface area contributed by atoms with Gasteiger partial charge in [0.15, 0.2) is 0 Å². The summed E-state index contributed by atoms with van der Waals surface area (Å²) < 4.78 is 2.88. The van der Waals surface area contributed by atoms with Gasteiger partial charge in [0.25, 0.3) is 5.56 Å². The average Bonchev–Trinajstić information content (AvgIpc) is 2.80. The zero-order valence-electron chi connectivity index (χ0n) is 10.9. The molecule has 19 heavy (non-hydrogen) atoms. The Morgan fingerprint density at radius 2 is 2.05 bits per heavy atom. The van der Waals surface area contributed by atoms with Crippen molar-refractivity contribution >= 4 is 21.6 Å². The Hall–Kier alpha value is -1.62. The topological polar surface area (TPSA) is 44.0 Å². The molecule has 2 aromatic rings. The van der Waals surface area contributed by atoms with Crippen LogP contribution in [0.15, 0.2) is 22.2 Å². The second-order valence-corrected chi connectivity index (χ2v) is 6.02. The van der Waals surface area contributed by atoms with E-state index in [9.17, 15) is 9.59 Å². The van der Waals surface area contributed by atoms with E-state index < -0.39 is 0 Å². The molecule has 2 heterocycles. The highest BCUT2D eigenvalue weighted by Gasteiger charge is 2.22. The summed E-state index contributed by atoms with van der Waals surface area (Å²) in [6.07, 6.45) is 5.98. The van der Waals surface area contributed by atoms with Gasteiger partial charge in [0.05, 0.1) is 5.39 Å². The Bertz CT molecular complexity index is 779. The van der Waals surface area contributed by atoms with Crippen LogP contribution in [0, 0.1) is 0 Å². The fourth-order valence-corrected chi connectivity index (χ4v) is 4.16. The maximum Gasteiger partial charge on any atom is 0.332 e. The predicted molar refractivity (Wildman–Crippen MR) is 78.2 cm³/mol. The molecule has 0 aliphatic heterocycles. The van der Waals surface area contributed by atoms with Crippen molar-refractivity contribution in [2.75, 3.05) is 0 Å². The fourth-order valence-electron chi connectivity index (χ4n) is 2.77. The first kappa shape index (κ1) is 12.4. The van der Waals surface area contributed by atoms with Crippen molar-refractivity contribution in [3.63, 3.8) is 0 Å². The first-order chi connectivity index (χ1) is 9.15. The predicted octanol–water partition coefficient (Wildman–Crippen LogP) is 1.83. The van der Waals surface area contributed by atoms with Crippen LogP contribution in [0.25, 0.3) is 10.2 Å². The SMILES string of the molecule is C=CCn1c(=O)n(C)c(=O)c2c3c(sc21)CCCC3. The van der Waals surface area contributed by atoms with E-state index in [1.165, 1.54) is 21.4 Å². The summed E-state index contributed by atoms with van der Waals surface area (Å²) in [6, 6.07) is 0. The van der Waals surface area contributed by atoms with Crippen molar-refractivity contribution in [1.29, 1.82) is 0 Å². The molecule has 0 saturated carbocycles.